The normalized spacial score (nSPS) is 23.8. The van der Waals surface area contributed by atoms with E-state index in [-0.39, 0.29) is 12.0 Å². The van der Waals surface area contributed by atoms with Crippen molar-refractivity contribution in [2.75, 3.05) is 31.1 Å². The Balaban J connectivity index is 1.53. The Labute approximate surface area is 141 Å². The van der Waals surface area contributed by atoms with Crippen molar-refractivity contribution in [3.05, 3.63) is 23.2 Å². The maximum Gasteiger partial charge on any atom is 0.239 e. The third kappa shape index (κ3) is 4.30. The summed E-state index contributed by atoms with van der Waals surface area (Å²) in [4.78, 5) is 14.2. The highest BCUT2D eigenvalue weighted by Gasteiger charge is 2.23. The first-order chi connectivity index (χ1) is 11.1. The molecule has 2 unspecified atom stereocenters. The summed E-state index contributed by atoms with van der Waals surface area (Å²) >= 11 is 6.05. The summed E-state index contributed by atoms with van der Waals surface area (Å²) in [5.41, 5.74) is 0.868. The molecule has 1 amide bonds. The van der Waals surface area contributed by atoms with Crippen LogP contribution in [0.5, 0.6) is 5.75 Å². The molecule has 5 nitrogen and oxygen atoms in total. The van der Waals surface area contributed by atoms with E-state index in [1.165, 1.54) is 0 Å². The van der Waals surface area contributed by atoms with E-state index in [9.17, 15) is 9.90 Å². The lowest BCUT2D eigenvalue weighted by molar-refractivity contribution is -0.120. The summed E-state index contributed by atoms with van der Waals surface area (Å²) in [6.45, 7) is 2.17. The van der Waals surface area contributed by atoms with E-state index in [2.05, 4.69) is 5.32 Å². The fraction of sp³-hybridized carbons (Fsp3) is 0.588. The van der Waals surface area contributed by atoms with E-state index in [0.29, 0.717) is 37.2 Å². The zero-order chi connectivity index (χ0) is 16.2. The Hall–Kier alpha value is -1.46. The van der Waals surface area contributed by atoms with Crippen molar-refractivity contribution in [2.45, 2.75) is 31.8 Å². The van der Waals surface area contributed by atoms with Crippen LogP contribution in [0.3, 0.4) is 0 Å². The second-order valence-electron chi connectivity index (χ2n) is 6.37. The summed E-state index contributed by atoms with van der Waals surface area (Å²) in [7, 11) is 0. The van der Waals surface area contributed by atoms with Crippen LogP contribution in [-0.4, -0.2) is 43.4 Å². The van der Waals surface area contributed by atoms with Crippen LogP contribution in [-0.2, 0) is 4.79 Å². The van der Waals surface area contributed by atoms with Crippen LogP contribution in [0.4, 0.5) is 5.69 Å². The van der Waals surface area contributed by atoms with Gasteiger partial charge in [0, 0.05) is 11.6 Å². The number of carbonyl (C=O) groups is 1. The van der Waals surface area contributed by atoms with Gasteiger partial charge in [0.15, 0.2) is 0 Å². The van der Waals surface area contributed by atoms with Crippen LogP contribution in [0, 0.1) is 5.92 Å². The number of benzene rings is 1. The third-order valence-corrected chi connectivity index (χ3v) is 4.79. The third-order valence-electron chi connectivity index (χ3n) is 4.56. The molecule has 0 spiro atoms. The molecule has 1 saturated carbocycles. The molecule has 1 aliphatic heterocycles. The molecule has 1 heterocycles. The van der Waals surface area contributed by atoms with Crippen molar-refractivity contribution in [2.24, 2.45) is 5.92 Å². The van der Waals surface area contributed by atoms with Gasteiger partial charge in [0.1, 0.15) is 12.4 Å². The highest BCUT2D eigenvalue weighted by atomic mass is 35.5. The lowest BCUT2D eigenvalue weighted by atomic mass is 9.87. The molecule has 1 aromatic carbocycles. The Morgan fingerprint density at radius 3 is 3.13 bits per heavy atom. The van der Waals surface area contributed by atoms with Crippen LogP contribution < -0.4 is 15.0 Å². The number of hydrogen-bond donors (Lipinski definition) is 2. The molecule has 6 heteroatoms. The molecule has 2 aliphatic rings. The fourth-order valence-electron chi connectivity index (χ4n) is 3.35. The van der Waals surface area contributed by atoms with Gasteiger partial charge < -0.3 is 20.1 Å². The molecule has 1 aliphatic carbocycles. The van der Waals surface area contributed by atoms with E-state index < -0.39 is 0 Å². The van der Waals surface area contributed by atoms with Gasteiger partial charge in [0.05, 0.1) is 24.9 Å². The van der Waals surface area contributed by atoms with Gasteiger partial charge >= 0.3 is 0 Å². The number of fused-ring (bicyclic) bond motifs is 1. The number of nitrogens with one attached hydrogen (secondary N) is 1. The first kappa shape index (κ1) is 16.4. The largest absolute Gasteiger partial charge is 0.490 e. The molecular formula is C17H23ClN2O3. The average molecular weight is 339 g/mol. The van der Waals surface area contributed by atoms with Crippen LogP contribution in [0.15, 0.2) is 18.2 Å². The maximum atomic E-state index is 12.2. The van der Waals surface area contributed by atoms with E-state index in [1.54, 1.807) is 6.07 Å². The number of aliphatic hydroxyl groups is 1. The van der Waals surface area contributed by atoms with Gasteiger partial charge in [-0.1, -0.05) is 18.0 Å². The van der Waals surface area contributed by atoms with Crippen molar-refractivity contribution in [3.63, 3.8) is 0 Å². The molecule has 2 N–H and O–H groups in total. The van der Waals surface area contributed by atoms with Gasteiger partial charge in [-0.05, 0) is 43.4 Å². The first-order valence-corrected chi connectivity index (χ1v) is 8.61. The topological polar surface area (TPSA) is 61.8 Å². The second kappa shape index (κ2) is 7.41. The molecule has 126 valence electrons. The molecule has 3 rings (SSSR count). The van der Waals surface area contributed by atoms with Crippen LogP contribution in [0.25, 0.3) is 0 Å². The molecular weight excluding hydrogens is 316 g/mol. The minimum absolute atomic E-state index is 0.00195. The number of nitrogens with zero attached hydrogens (tertiary/aromatic N) is 1. The Kier molecular flexibility index (Phi) is 5.28. The number of carbonyl (C=O) groups excluding carboxylic acids is 1. The van der Waals surface area contributed by atoms with Gasteiger partial charge in [0.25, 0.3) is 0 Å². The van der Waals surface area contributed by atoms with Crippen molar-refractivity contribution in [1.29, 1.82) is 0 Å². The molecule has 0 aromatic heterocycles. The minimum atomic E-state index is -0.209. The van der Waals surface area contributed by atoms with Gasteiger partial charge in [-0.2, -0.15) is 0 Å². The molecule has 1 fully saturated rings. The zero-order valence-corrected chi connectivity index (χ0v) is 13.9. The van der Waals surface area contributed by atoms with Crippen molar-refractivity contribution < 1.29 is 14.6 Å². The molecule has 1 aromatic rings. The molecule has 0 radical (unpaired) electrons. The van der Waals surface area contributed by atoms with Gasteiger partial charge in [-0.15, -0.1) is 0 Å². The van der Waals surface area contributed by atoms with Gasteiger partial charge in [0.2, 0.25) is 5.91 Å². The minimum Gasteiger partial charge on any atom is -0.490 e. The number of ether oxygens (including phenoxy) is 1. The molecule has 0 bridgehead atoms. The highest BCUT2D eigenvalue weighted by Crippen LogP contribution is 2.33. The van der Waals surface area contributed by atoms with E-state index in [4.69, 9.17) is 16.3 Å². The zero-order valence-electron chi connectivity index (χ0n) is 13.1. The quantitative estimate of drug-likeness (QED) is 0.883. The SMILES string of the molecule is O=C(CN1CCOc2ccc(Cl)cc21)NCC1CCCC(O)C1. The summed E-state index contributed by atoms with van der Waals surface area (Å²) in [5, 5.41) is 13.3. The lowest BCUT2D eigenvalue weighted by Crippen LogP contribution is -2.43. The predicted molar refractivity (Wildman–Crippen MR) is 90.1 cm³/mol. The van der Waals surface area contributed by atoms with Crippen molar-refractivity contribution in [3.8, 4) is 5.75 Å². The molecule has 0 saturated heterocycles. The van der Waals surface area contributed by atoms with Crippen molar-refractivity contribution in [1.82, 2.24) is 5.32 Å². The number of rotatable bonds is 4. The van der Waals surface area contributed by atoms with Crippen LogP contribution in [0.2, 0.25) is 5.02 Å². The van der Waals surface area contributed by atoms with E-state index in [0.717, 1.165) is 37.1 Å². The Morgan fingerprint density at radius 1 is 1.43 bits per heavy atom. The molecule has 2 atom stereocenters. The van der Waals surface area contributed by atoms with Crippen molar-refractivity contribution >= 4 is 23.2 Å². The Morgan fingerprint density at radius 2 is 2.30 bits per heavy atom. The van der Waals surface area contributed by atoms with Gasteiger partial charge in [-0.25, -0.2) is 0 Å². The van der Waals surface area contributed by atoms with Gasteiger partial charge in [-0.3, -0.25) is 4.79 Å². The number of amides is 1. The highest BCUT2D eigenvalue weighted by molar-refractivity contribution is 6.31. The van der Waals surface area contributed by atoms with E-state index >= 15 is 0 Å². The Bertz CT molecular complexity index is 567. The number of halogens is 1. The summed E-state index contributed by atoms with van der Waals surface area (Å²) < 4.78 is 5.60. The average Bonchev–Trinajstić information content (AvgIpc) is 2.54. The number of anilines is 1. The van der Waals surface area contributed by atoms with E-state index in [1.807, 2.05) is 17.0 Å². The fourth-order valence-corrected chi connectivity index (χ4v) is 3.51. The second-order valence-corrected chi connectivity index (χ2v) is 6.81. The first-order valence-electron chi connectivity index (χ1n) is 8.24. The monoisotopic (exact) mass is 338 g/mol. The van der Waals surface area contributed by atoms with Crippen LogP contribution >= 0.6 is 11.6 Å². The summed E-state index contributed by atoms with van der Waals surface area (Å²) in [6.07, 6.45) is 3.58. The standard InChI is InChI=1S/C17H23ClN2O3/c18-13-4-5-16-15(9-13)20(6-7-23-16)11-17(22)19-10-12-2-1-3-14(21)8-12/h4-5,9,12,14,21H,1-3,6-8,10-11H2,(H,19,22). The maximum absolute atomic E-state index is 12.2. The number of aliphatic hydroxyl groups excluding tert-OH is 1. The smallest absolute Gasteiger partial charge is 0.239 e. The van der Waals surface area contributed by atoms with Crippen LogP contribution in [0.1, 0.15) is 25.7 Å². The summed E-state index contributed by atoms with van der Waals surface area (Å²) in [5.74, 6) is 1.15. The summed E-state index contributed by atoms with van der Waals surface area (Å²) in [6, 6.07) is 5.46. The lowest BCUT2D eigenvalue weighted by Gasteiger charge is -2.31. The predicted octanol–water partition coefficient (Wildman–Crippen LogP) is 2.21. The number of hydrogen-bond acceptors (Lipinski definition) is 4. The molecule has 23 heavy (non-hydrogen) atoms.